The highest BCUT2D eigenvalue weighted by molar-refractivity contribution is 9.10. The van der Waals surface area contributed by atoms with Crippen molar-refractivity contribution in [1.29, 1.82) is 0 Å². The van der Waals surface area contributed by atoms with Crippen LogP contribution in [0.15, 0.2) is 52.1 Å². The third-order valence-corrected chi connectivity index (χ3v) is 3.05. The lowest BCUT2D eigenvalue weighted by Gasteiger charge is -2.09. The van der Waals surface area contributed by atoms with E-state index in [0.29, 0.717) is 5.75 Å². The van der Waals surface area contributed by atoms with Crippen molar-refractivity contribution in [1.82, 2.24) is 0 Å². The molecule has 0 heterocycles. The Morgan fingerprint density at radius 1 is 1.21 bits per heavy atom. The Hall–Kier alpha value is -2.08. The van der Waals surface area contributed by atoms with Gasteiger partial charge in [-0.05, 0) is 46.3 Å². The second kappa shape index (κ2) is 5.71. The van der Waals surface area contributed by atoms with Crippen molar-refractivity contribution in [2.75, 3.05) is 0 Å². The smallest absolute Gasteiger partial charge is 0.170 e. The average Bonchev–Trinajstić information content (AvgIpc) is 2.42. The monoisotopic (exact) mass is 324 g/mol. The van der Waals surface area contributed by atoms with E-state index in [0.717, 1.165) is 10.5 Å². The fourth-order valence-electron chi connectivity index (χ4n) is 1.45. The molecule has 3 N–H and O–H groups in total. The summed E-state index contributed by atoms with van der Waals surface area (Å²) in [5.74, 6) is -0.203. The summed E-state index contributed by atoms with van der Waals surface area (Å²) < 4.78 is 20.0. The topological polar surface area (TPSA) is 67.8 Å². The normalized spacial score (nSPS) is 11.4. The van der Waals surface area contributed by atoms with Crippen molar-refractivity contribution in [2.45, 2.75) is 0 Å². The van der Waals surface area contributed by atoms with Crippen LogP contribution in [0.3, 0.4) is 0 Å². The molecule has 0 aliphatic carbocycles. The predicted molar refractivity (Wildman–Crippen MR) is 73.1 cm³/mol. The molecular weight excluding hydrogens is 315 g/mol. The summed E-state index contributed by atoms with van der Waals surface area (Å²) in [6, 6.07) is 11.2. The van der Waals surface area contributed by atoms with Gasteiger partial charge in [-0.1, -0.05) is 17.3 Å². The molecular formula is C13H10BrFN2O2. The van der Waals surface area contributed by atoms with E-state index in [-0.39, 0.29) is 17.1 Å². The minimum absolute atomic E-state index is 0.0568. The highest BCUT2D eigenvalue weighted by atomic mass is 79.9. The fourth-order valence-corrected chi connectivity index (χ4v) is 1.81. The summed E-state index contributed by atoms with van der Waals surface area (Å²) in [5, 5.41) is 11.3. The van der Waals surface area contributed by atoms with Crippen molar-refractivity contribution >= 4 is 21.8 Å². The summed E-state index contributed by atoms with van der Waals surface area (Å²) in [6.45, 7) is 0. The molecule has 0 saturated carbocycles. The minimum Gasteiger partial charge on any atom is -0.453 e. The number of nitrogens with two attached hydrogens (primary N) is 1. The molecule has 2 aromatic carbocycles. The summed E-state index contributed by atoms with van der Waals surface area (Å²) in [7, 11) is 0. The molecule has 0 bridgehead atoms. The summed E-state index contributed by atoms with van der Waals surface area (Å²) in [6.07, 6.45) is 0. The standard InChI is InChI=1S/C13H10BrFN2O2/c14-9-3-1-2-4-11(9)19-12-6-5-8(7-10(12)15)13(16)17-18/h1-7,18H,(H2,16,17). The maximum atomic E-state index is 13.8. The van der Waals surface area contributed by atoms with Crippen molar-refractivity contribution in [3.63, 3.8) is 0 Å². The van der Waals surface area contributed by atoms with Crippen LogP contribution in [0.2, 0.25) is 0 Å². The first-order valence-corrected chi connectivity index (χ1v) is 6.11. The molecule has 0 amide bonds. The Bertz CT molecular complexity index is 632. The van der Waals surface area contributed by atoms with E-state index in [1.54, 1.807) is 18.2 Å². The first-order chi connectivity index (χ1) is 9.11. The maximum Gasteiger partial charge on any atom is 0.170 e. The Balaban J connectivity index is 2.30. The van der Waals surface area contributed by atoms with E-state index < -0.39 is 5.82 Å². The quantitative estimate of drug-likeness (QED) is 0.393. The molecule has 98 valence electrons. The molecule has 0 unspecified atom stereocenters. The second-order valence-electron chi connectivity index (χ2n) is 3.66. The molecule has 2 rings (SSSR count). The number of para-hydroxylation sites is 1. The molecule has 4 nitrogen and oxygen atoms in total. The number of oxime groups is 1. The van der Waals surface area contributed by atoms with Gasteiger partial charge in [-0.2, -0.15) is 0 Å². The van der Waals surface area contributed by atoms with Crippen LogP contribution >= 0.6 is 15.9 Å². The molecule has 0 fully saturated rings. The van der Waals surface area contributed by atoms with Crippen molar-refractivity contribution in [2.24, 2.45) is 10.9 Å². The van der Waals surface area contributed by atoms with Gasteiger partial charge >= 0.3 is 0 Å². The van der Waals surface area contributed by atoms with Crippen LogP contribution in [0.1, 0.15) is 5.56 Å². The van der Waals surface area contributed by atoms with E-state index in [4.69, 9.17) is 15.7 Å². The largest absolute Gasteiger partial charge is 0.453 e. The van der Waals surface area contributed by atoms with Gasteiger partial charge < -0.3 is 15.7 Å². The third kappa shape index (κ3) is 3.03. The number of ether oxygens (including phenoxy) is 1. The molecule has 0 spiro atoms. The lowest BCUT2D eigenvalue weighted by Crippen LogP contribution is -2.13. The predicted octanol–water partition coefficient (Wildman–Crippen LogP) is 3.48. The number of nitrogens with zero attached hydrogens (tertiary/aromatic N) is 1. The number of halogens is 2. The maximum absolute atomic E-state index is 13.8. The first kappa shape index (κ1) is 13.4. The molecule has 0 atom stereocenters. The highest BCUT2D eigenvalue weighted by Crippen LogP contribution is 2.30. The third-order valence-electron chi connectivity index (χ3n) is 2.39. The zero-order valence-corrected chi connectivity index (χ0v) is 11.3. The SMILES string of the molecule is N/C(=N\O)c1ccc(Oc2ccccc2Br)c(F)c1. The fraction of sp³-hybridized carbons (Fsp3) is 0. The number of rotatable bonds is 3. The lowest BCUT2D eigenvalue weighted by molar-refractivity contribution is 0.318. The average molecular weight is 325 g/mol. The number of hydrogen-bond donors (Lipinski definition) is 2. The van der Waals surface area contributed by atoms with Gasteiger partial charge in [0.2, 0.25) is 0 Å². The van der Waals surface area contributed by atoms with Gasteiger partial charge in [-0.3, -0.25) is 0 Å². The van der Waals surface area contributed by atoms with Crippen LogP contribution < -0.4 is 10.5 Å². The van der Waals surface area contributed by atoms with Gasteiger partial charge in [-0.25, -0.2) is 4.39 Å². The number of benzene rings is 2. The molecule has 0 radical (unpaired) electrons. The molecule has 0 saturated heterocycles. The lowest BCUT2D eigenvalue weighted by atomic mass is 10.2. The van der Waals surface area contributed by atoms with Gasteiger partial charge in [0, 0.05) is 5.56 Å². The molecule has 0 aromatic heterocycles. The second-order valence-corrected chi connectivity index (χ2v) is 4.52. The Kier molecular flexibility index (Phi) is 4.01. The van der Waals surface area contributed by atoms with Crippen LogP contribution in [-0.4, -0.2) is 11.0 Å². The van der Waals surface area contributed by atoms with E-state index in [1.807, 2.05) is 6.07 Å². The van der Waals surface area contributed by atoms with Gasteiger partial charge in [0.05, 0.1) is 4.47 Å². The van der Waals surface area contributed by atoms with Crippen molar-refractivity contribution in [3.8, 4) is 11.5 Å². The van der Waals surface area contributed by atoms with Crippen LogP contribution in [-0.2, 0) is 0 Å². The van der Waals surface area contributed by atoms with E-state index in [2.05, 4.69) is 21.1 Å². The highest BCUT2D eigenvalue weighted by Gasteiger charge is 2.09. The first-order valence-electron chi connectivity index (χ1n) is 5.31. The van der Waals surface area contributed by atoms with E-state index in [1.165, 1.54) is 12.1 Å². The Morgan fingerprint density at radius 3 is 2.58 bits per heavy atom. The summed E-state index contributed by atoms with van der Waals surface area (Å²) >= 11 is 3.31. The van der Waals surface area contributed by atoms with E-state index >= 15 is 0 Å². The Morgan fingerprint density at radius 2 is 1.95 bits per heavy atom. The molecule has 0 aliphatic rings. The van der Waals surface area contributed by atoms with Crippen molar-refractivity contribution in [3.05, 3.63) is 58.3 Å². The van der Waals surface area contributed by atoms with E-state index in [9.17, 15) is 4.39 Å². The summed E-state index contributed by atoms with van der Waals surface area (Å²) in [5.41, 5.74) is 5.65. The Labute approximate surface area is 117 Å². The minimum atomic E-state index is -0.597. The number of amidine groups is 1. The van der Waals surface area contributed by atoms with Gasteiger partial charge in [0.15, 0.2) is 17.4 Å². The zero-order valence-electron chi connectivity index (χ0n) is 9.68. The molecule has 19 heavy (non-hydrogen) atoms. The van der Waals surface area contributed by atoms with Crippen LogP contribution in [0.5, 0.6) is 11.5 Å². The number of hydrogen-bond acceptors (Lipinski definition) is 3. The molecule has 2 aromatic rings. The van der Waals surface area contributed by atoms with Crippen LogP contribution in [0.25, 0.3) is 0 Å². The van der Waals surface area contributed by atoms with Gasteiger partial charge in [0.1, 0.15) is 5.75 Å². The van der Waals surface area contributed by atoms with Crippen LogP contribution in [0.4, 0.5) is 4.39 Å². The van der Waals surface area contributed by atoms with Crippen LogP contribution in [0, 0.1) is 5.82 Å². The molecule has 6 heteroatoms. The zero-order chi connectivity index (χ0) is 13.8. The van der Waals surface area contributed by atoms with Crippen molar-refractivity contribution < 1.29 is 14.3 Å². The van der Waals surface area contributed by atoms with Gasteiger partial charge in [-0.15, -0.1) is 0 Å². The molecule has 0 aliphatic heterocycles. The summed E-state index contributed by atoms with van der Waals surface area (Å²) in [4.78, 5) is 0. The van der Waals surface area contributed by atoms with Gasteiger partial charge in [0.25, 0.3) is 0 Å².